The first-order chi connectivity index (χ1) is 5.37. The summed E-state index contributed by atoms with van der Waals surface area (Å²) in [5.41, 5.74) is -0.279. The average molecular weight is 172 g/mol. The van der Waals surface area contributed by atoms with Gasteiger partial charge in [-0.15, -0.1) is 0 Å². The third-order valence-electron chi connectivity index (χ3n) is 2.59. The van der Waals surface area contributed by atoms with Crippen LogP contribution in [0.5, 0.6) is 0 Å². The van der Waals surface area contributed by atoms with Crippen molar-refractivity contribution in [3.63, 3.8) is 0 Å². The van der Waals surface area contributed by atoms with Crippen LogP contribution in [-0.4, -0.2) is 11.1 Å². The second kappa shape index (κ2) is 2.57. The molecule has 2 atom stereocenters. The highest BCUT2D eigenvalue weighted by molar-refractivity contribution is 5.76. The molecule has 1 aliphatic carbocycles. The van der Waals surface area contributed by atoms with Crippen LogP contribution in [0.3, 0.4) is 0 Å². The van der Waals surface area contributed by atoms with E-state index in [0.717, 1.165) is 0 Å². The summed E-state index contributed by atoms with van der Waals surface area (Å²) < 4.78 is 12.4. The second-order valence-electron chi connectivity index (χ2n) is 3.92. The Hall–Kier alpha value is -0.860. The number of rotatable bonds is 2. The number of carbonyl (C=O) groups is 1. The fourth-order valence-corrected chi connectivity index (χ4v) is 1.71. The van der Waals surface area contributed by atoms with Crippen molar-refractivity contribution in [2.75, 3.05) is 0 Å². The van der Waals surface area contributed by atoms with E-state index in [1.807, 2.05) is 13.8 Å². The van der Waals surface area contributed by atoms with E-state index in [-0.39, 0.29) is 17.2 Å². The minimum Gasteiger partial charge on any atom is -0.481 e. The third kappa shape index (κ3) is 1.36. The first-order valence-electron chi connectivity index (χ1n) is 3.94. The molecule has 2 nitrogen and oxygen atoms in total. The van der Waals surface area contributed by atoms with Crippen LogP contribution in [0.2, 0.25) is 0 Å². The molecule has 68 valence electrons. The van der Waals surface area contributed by atoms with Gasteiger partial charge in [-0.3, -0.25) is 4.79 Å². The SMILES string of the molecule is CC(F)=C[C@@H]1[C@@H](C(=O)O)C1(C)C. The van der Waals surface area contributed by atoms with E-state index in [2.05, 4.69) is 0 Å². The number of aliphatic carboxylic acids is 1. The maximum Gasteiger partial charge on any atom is 0.307 e. The van der Waals surface area contributed by atoms with Crippen LogP contribution in [-0.2, 0) is 4.79 Å². The topological polar surface area (TPSA) is 37.3 Å². The number of carboxylic acids is 1. The van der Waals surface area contributed by atoms with Crippen molar-refractivity contribution >= 4 is 5.97 Å². The van der Waals surface area contributed by atoms with Crippen molar-refractivity contribution < 1.29 is 14.3 Å². The van der Waals surface area contributed by atoms with Crippen molar-refractivity contribution in [1.82, 2.24) is 0 Å². The summed E-state index contributed by atoms with van der Waals surface area (Å²) in [7, 11) is 0. The molecular weight excluding hydrogens is 159 g/mol. The number of halogens is 1. The van der Waals surface area contributed by atoms with Gasteiger partial charge in [-0.25, -0.2) is 4.39 Å². The van der Waals surface area contributed by atoms with Gasteiger partial charge in [-0.2, -0.15) is 0 Å². The molecule has 0 amide bonds. The normalized spacial score (nSPS) is 33.2. The summed E-state index contributed by atoms with van der Waals surface area (Å²) in [5.74, 6) is -1.68. The van der Waals surface area contributed by atoms with E-state index >= 15 is 0 Å². The molecule has 3 heteroatoms. The highest BCUT2D eigenvalue weighted by Crippen LogP contribution is 2.59. The van der Waals surface area contributed by atoms with Gasteiger partial charge >= 0.3 is 5.97 Å². The Labute approximate surface area is 71.1 Å². The number of hydrogen-bond acceptors (Lipinski definition) is 1. The van der Waals surface area contributed by atoms with Gasteiger partial charge in [0.1, 0.15) is 0 Å². The van der Waals surface area contributed by atoms with E-state index in [1.54, 1.807) is 0 Å². The molecule has 12 heavy (non-hydrogen) atoms. The predicted molar refractivity (Wildman–Crippen MR) is 43.3 cm³/mol. The highest BCUT2D eigenvalue weighted by atomic mass is 19.1. The van der Waals surface area contributed by atoms with Crippen molar-refractivity contribution in [1.29, 1.82) is 0 Å². The summed E-state index contributed by atoms with van der Waals surface area (Å²) in [6.07, 6.45) is 1.40. The Bertz CT molecular complexity index is 239. The zero-order valence-electron chi connectivity index (χ0n) is 7.47. The fraction of sp³-hybridized carbons (Fsp3) is 0.667. The van der Waals surface area contributed by atoms with Crippen LogP contribution in [0.15, 0.2) is 11.9 Å². The van der Waals surface area contributed by atoms with Gasteiger partial charge < -0.3 is 5.11 Å². The van der Waals surface area contributed by atoms with Crippen molar-refractivity contribution in [2.45, 2.75) is 20.8 Å². The van der Waals surface area contributed by atoms with Gasteiger partial charge in [0.2, 0.25) is 0 Å². The lowest BCUT2D eigenvalue weighted by Gasteiger charge is -1.96. The maximum atomic E-state index is 12.4. The van der Waals surface area contributed by atoms with Crippen molar-refractivity contribution in [2.24, 2.45) is 17.3 Å². The molecule has 0 spiro atoms. The fourth-order valence-electron chi connectivity index (χ4n) is 1.71. The third-order valence-corrected chi connectivity index (χ3v) is 2.59. The molecule has 0 bridgehead atoms. The lowest BCUT2D eigenvalue weighted by Crippen LogP contribution is -2.02. The zero-order valence-corrected chi connectivity index (χ0v) is 7.47. The Balaban J connectivity index is 2.73. The van der Waals surface area contributed by atoms with Gasteiger partial charge in [-0.05, 0) is 24.3 Å². The molecule has 1 N–H and O–H groups in total. The largest absolute Gasteiger partial charge is 0.481 e. The summed E-state index contributed by atoms with van der Waals surface area (Å²) in [6, 6.07) is 0. The monoisotopic (exact) mass is 172 g/mol. The minimum atomic E-state index is -0.831. The Morgan fingerprint density at radius 1 is 1.58 bits per heavy atom. The van der Waals surface area contributed by atoms with Crippen LogP contribution in [0.1, 0.15) is 20.8 Å². The molecule has 1 aliphatic rings. The van der Waals surface area contributed by atoms with E-state index < -0.39 is 11.9 Å². The Kier molecular flexibility index (Phi) is 1.98. The molecule has 1 fully saturated rings. The van der Waals surface area contributed by atoms with Gasteiger partial charge in [0, 0.05) is 0 Å². The Morgan fingerprint density at radius 3 is 2.33 bits per heavy atom. The molecule has 1 saturated carbocycles. The molecule has 0 heterocycles. The van der Waals surface area contributed by atoms with Crippen LogP contribution in [0, 0.1) is 17.3 Å². The molecule has 0 aromatic rings. The van der Waals surface area contributed by atoms with E-state index in [9.17, 15) is 9.18 Å². The molecule has 0 radical (unpaired) electrons. The minimum absolute atomic E-state index is 0.139. The lowest BCUT2D eigenvalue weighted by atomic mass is 10.1. The Morgan fingerprint density at radius 2 is 2.08 bits per heavy atom. The van der Waals surface area contributed by atoms with E-state index in [4.69, 9.17) is 5.11 Å². The highest BCUT2D eigenvalue weighted by Gasteiger charge is 2.60. The first kappa shape index (κ1) is 9.23. The standard InChI is InChI=1S/C9H13FO2/c1-5(10)4-6-7(8(11)12)9(6,2)3/h4,6-7H,1-3H3,(H,11,12)/t6-,7+/m1/s1. The van der Waals surface area contributed by atoms with E-state index in [0.29, 0.717) is 0 Å². The maximum absolute atomic E-state index is 12.4. The van der Waals surface area contributed by atoms with Crippen LogP contribution >= 0.6 is 0 Å². The first-order valence-corrected chi connectivity index (χ1v) is 3.94. The zero-order chi connectivity index (χ0) is 9.52. The quantitative estimate of drug-likeness (QED) is 0.693. The van der Waals surface area contributed by atoms with Gasteiger partial charge in [0.15, 0.2) is 0 Å². The van der Waals surface area contributed by atoms with Gasteiger partial charge in [-0.1, -0.05) is 13.8 Å². The van der Waals surface area contributed by atoms with Gasteiger partial charge in [0.25, 0.3) is 0 Å². The summed E-state index contributed by atoms with van der Waals surface area (Å²) >= 11 is 0. The summed E-state index contributed by atoms with van der Waals surface area (Å²) in [4.78, 5) is 10.6. The van der Waals surface area contributed by atoms with Crippen LogP contribution < -0.4 is 0 Å². The number of allylic oxidation sites excluding steroid dienone is 2. The van der Waals surface area contributed by atoms with Crippen molar-refractivity contribution in [3.05, 3.63) is 11.9 Å². The molecule has 0 aromatic heterocycles. The molecule has 0 saturated heterocycles. The van der Waals surface area contributed by atoms with Gasteiger partial charge in [0.05, 0.1) is 11.7 Å². The average Bonchev–Trinajstić information content (AvgIpc) is 2.32. The molecule has 0 aromatic carbocycles. The van der Waals surface area contributed by atoms with Crippen LogP contribution in [0.25, 0.3) is 0 Å². The number of carboxylic acid groups (broad SMARTS) is 1. The summed E-state index contributed by atoms with van der Waals surface area (Å²) in [5, 5.41) is 8.72. The van der Waals surface area contributed by atoms with Crippen molar-refractivity contribution in [3.8, 4) is 0 Å². The lowest BCUT2D eigenvalue weighted by molar-refractivity contribution is -0.139. The molecule has 1 rings (SSSR count). The molecular formula is C9H13FO2. The molecule has 0 unspecified atom stereocenters. The summed E-state index contributed by atoms with van der Waals surface area (Å²) in [6.45, 7) is 5.03. The molecule has 0 aliphatic heterocycles. The second-order valence-corrected chi connectivity index (χ2v) is 3.92. The number of hydrogen-bond donors (Lipinski definition) is 1. The van der Waals surface area contributed by atoms with Crippen LogP contribution in [0.4, 0.5) is 4.39 Å². The van der Waals surface area contributed by atoms with E-state index in [1.165, 1.54) is 13.0 Å². The smallest absolute Gasteiger partial charge is 0.307 e. The predicted octanol–water partition coefficient (Wildman–Crippen LogP) is 2.22.